The molecule has 1 aliphatic rings. The number of ether oxygens (including phenoxy) is 2. The quantitative estimate of drug-likeness (QED) is 0.117. The fraction of sp³-hybridized carbons (Fsp3) is 0.259. The molecular formula is C27H26O6. The van der Waals surface area contributed by atoms with Gasteiger partial charge in [-0.2, -0.15) is 4.89 Å². The maximum absolute atomic E-state index is 13.3. The fourth-order valence-corrected chi connectivity index (χ4v) is 4.19. The SMILES string of the molecule is CCCCCc1ccc2c(c1)C(=O)c1ccccc1C2(OO)OC(=O)Oc1ccccc1C. The molecule has 0 bridgehead atoms. The van der Waals surface area contributed by atoms with Crippen molar-refractivity contribution in [3.8, 4) is 5.75 Å². The molecule has 0 amide bonds. The number of hydrogen-bond donors (Lipinski definition) is 1. The van der Waals surface area contributed by atoms with Gasteiger partial charge in [0, 0.05) is 22.3 Å². The van der Waals surface area contributed by atoms with Crippen LogP contribution in [0.2, 0.25) is 0 Å². The van der Waals surface area contributed by atoms with Crippen LogP contribution in [-0.4, -0.2) is 17.2 Å². The summed E-state index contributed by atoms with van der Waals surface area (Å²) in [6.07, 6.45) is 2.93. The highest BCUT2D eigenvalue weighted by Gasteiger charge is 2.49. The molecule has 3 aromatic rings. The molecule has 0 aromatic heterocycles. The Bertz CT molecular complexity index is 1180. The first-order chi connectivity index (χ1) is 16.0. The minimum Gasteiger partial charge on any atom is -0.395 e. The van der Waals surface area contributed by atoms with Crippen molar-refractivity contribution in [2.75, 3.05) is 0 Å². The number of carbonyl (C=O) groups excluding carboxylic acids is 2. The number of carbonyl (C=O) groups is 2. The van der Waals surface area contributed by atoms with Gasteiger partial charge in [-0.3, -0.25) is 4.79 Å². The number of ketones is 1. The van der Waals surface area contributed by atoms with Gasteiger partial charge >= 0.3 is 11.9 Å². The van der Waals surface area contributed by atoms with E-state index in [1.165, 1.54) is 0 Å². The fourth-order valence-electron chi connectivity index (χ4n) is 4.19. The van der Waals surface area contributed by atoms with Gasteiger partial charge in [-0.1, -0.05) is 74.4 Å². The van der Waals surface area contributed by atoms with Gasteiger partial charge in [-0.05, 0) is 43.0 Å². The van der Waals surface area contributed by atoms with E-state index >= 15 is 0 Å². The first-order valence-corrected chi connectivity index (χ1v) is 11.1. The standard InChI is InChI=1S/C27H26O6/c1-3-4-5-11-19-15-16-23-21(17-19)25(28)20-12-7-8-13-22(20)27(23,33-30)32-26(29)31-24-14-9-6-10-18(24)2/h6-10,12-17,30H,3-5,11H2,1-2H3. The zero-order valence-electron chi connectivity index (χ0n) is 18.7. The lowest BCUT2D eigenvalue weighted by molar-refractivity contribution is -0.382. The highest BCUT2D eigenvalue weighted by Crippen LogP contribution is 2.44. The molecule has 0 aliphatic heterocycles. The van der Waals surface area contributed by atoms with Crippen molar-refractivity contribution < 1.29 is 29.2 Å². The summed E-state index contributed by atoms with van der Waals surface area (Å²) in [5.74, 6) is -1.94. The third kappa shape index (κ3) is 4.27. The van der Waals surface area contributed by atoms with Gasteiger partial charge in [0.25, 0.3) is 0 Å². The smallest absolute Gasteiger partial charge is 0.395 e. The van der Waals surface area contributed by atoms with Gasteiger partial charge in [0.05, 0.1) is 0 Å². The Morgan fingerprint density at radius 1 is 0.939 bits per heavy atom. The van der Waals surface area contributed by atoms with E-state index in [-0.39, 0.29) is 22.5 Å². The second kappa shape index (κ2) is 9.57. The van der Waals surface area contributed by atoms with E-state index in [9.17, 15) is 14.8 Å². The van der Waals surface area contributed by atoms with E-state index in [1.54, 1.807) is 61.5 Å². The average Bonchev–Trinajstić information content (AvgIpc) is 2.83. The average molecular weight is 446 g/mol. The molecule has 0 saturated heterocycles. The zero-order valence-corrected chi connectivity index (χ0v) is 18.7. The summed E-state index contributed by atoms with van der Waals surface area (Å²) in [5.41, 5.74) is 2.81. The van der Waals surface area contributed by atoms with Crippen LogP contribution in [-0.2, 0) is 21.8 Å². The predicted octanol–water partition coefficient (Wildman–Crippen LogP) is 6.18. The van der Waals surface area contributed by atoms with Crippen molar-refractivity contribution in [1.82, 2.24) is 0 Å². The van der Waals surface area contributed by atoms with Crippen LogP contribution in [0.3, 0.4) is 0 Å². The van der Waals surface area contributed by atoms with Crippen molar-refractivity contribution >= 4 is 11.9 Å². The monoisotopic (exact) mass is 446 g/mol. The maximum atomic E-state index is 13.3. The van der Waals surface area contributed by atoms with Crippen LogP contribution in [0, 0.1) is 6.92 Å². The van der Waals surface area contributed by atoms with Gasteiger partial charge in [-0.25, -0.2) is 10.1 Å². The summed E-state index contributed by atoms with van der Waals surface area (Å²) in [7, 11) is 0. The molecule has 0 radical (unpaired) electrons. The van der Waals surface area contributed by atoms with E-state index in [0.717, 1.165) is 36.8 Å². The summed E-state index contributed by atoms with van der Waals surface area (Å²) in [5, 5.41) is 10.1. The van der Waals surface area contributed by atoms with Crippen molar-refractivity contribution in [1.29, 1.82) is 0 Å². The molecule has 33 heavy (non-hydrogen) atoms. The van der Waals surface area contributed by atoms with Gasteiger partial charge in [0.15, 0.2) is 5.78 Å². The summed E-state index contributed by atoms with van der Waals surface area (Å²) in [4.78, 5) is 31.0. The second-order valence-corrected chi connectivity index (χ2v) is 8.14. The normalized spacial score (nSPS) is 16.6. The Kier molecular flexibility index (Phi) is 6.58. The number of aryl methyl sites for hydroxylation is 2. The highest BCUT2D eigenvalue weighted by molar-refractivity contribution is 6.13. The molecule has 1 aliphatic carbocycles. The third-order valence-corrected chi connectivity index (χ3v) is 5.92. The molecule has 1 atom stereocenters. The number of benzene rings is 3. The summed E-state index contributed by atoms with van der Waals surface area (Å²) in [6.45, 7) is 3.93. The van der Waals surface area contributed by atoms with E-state index in [0.29, 0.717) is 11.3 Å². The zero-order chi connectivity index (χ0) is 23.4. The molecule has 0 heterocycles. The largest absolute Gasteiger partial charge is 0.517 e. The Balaban J connectivity index is 1.75. The number of fused-ring (bicyclic) bond motifs is 2. The van der Waals surface area contributed by atoms with E-state index in [1.807, 2.05) is 12.1 Å². The highest BCUT2D eigenvalue weighted by atomic mass is 17.2. The lowest BCUT2D eigenvalue weighted by Crippen LogP contribution is -2.42. The van der Waals surface area contributed by atoms with Crippen LogP contribution < -0.4 is 4.74 Å². The Morgan fingerprint density at radius 3 is 2.42 bits per heavy atom. The molecule has 170 valence electrons. The molecule has 0 saturated carbocycles. The Labute approximate surface area is 192 Å². The summed E-state index contributed by atoms with van der Waals surface area (Å²) in [6, 6.07) is 18.9. The van der Waals surface area contributed by atoms with Crippen molar-refractivity contribution in [2.24, 2.45) is 0 Å². The molecule has 1 N–H and O–H groups in total. The van der Waals surface area contributed by atoms with Crippen molar-refractivity contribution in [3.05, 3.63) is 100 Å². The van der Waals surface area contributed by atoms with Crippen LogP contribution in [0.4, 0.5) is 4.79 Å². The van der Waals surface area contributed by atoms with Gasteiger partial charge in [-0.15, -0.1) is 0 Å². The maximum Gasteiger partial charge on any atom is 0.517 e. The lowest BCUT2D eigenvalue weighted by Gasteiger charge is -2.35. The van der Waals surface area contributed by atoms with E-state index < -0.39 is 11.9 Å². The third-order valence-electron chi connectivity index (χ3n) is 5.92. The molecule has 6 heteroatoms. The van der Waals surface area contributed by atoms with Crippen molar-refractivity contribution in [2.45, 2.75) is 45.3 Å². The van der Waals surface area contributed by atoms with Gasteiger partial charge in [0.2, 0.25) is 0 Å². The topological polar surface area (TPSA) is 82.1 Å². The van der Waals surface area contributed by atoms with E-state index in [4.69, 9.17) is 14.4 Å². The minimum absolute atomic E-state index is 0.221. The second-order valence-electron chi connectivity index (χ2n) is 8.14. The molecule has 4 rings (SSSR count). The van der Waals surface area contributed by atoms with Crippen LogP contribution in [0.15, 0.2) is 66.7 Å². The van der Waals surface area contributed by atoms with Crippen LogP contribution >= 0.6 is 0 Å². The summed E-state index contributed by atoms with van der Waals surface area (Å²) < 4.78 is 11.0. The van der Waals surface area contributed by atoms with Gasteiger partial charge in [0.1, 0.15) is 5.75 Å². The van der Waals surface area contributed by atoms with E-state index in [2.05, 4.69) is 6.92 Å². The minimum atomic E-state index is -2.04. The number of para-hydroxylation sites is 1. The number of hydrogen-bond acceptors (Lipinski definition) is 6. The first kappa shape index (κ1) is 22.7. The Morgan fingerprint density at radius 2 is 1.67 bits per heavy atom. The first-order valence-electron chi connectivity index (χ1n) is 11.1. The molecule has 3 aromatic carbocycles. The number of rotatable bonds is 7. The molecule has 1 unspecified atom stereocenters. The predicted molar refractivity (Wildman–Crippen MR) is 122 cm³/mol. The molecule has 6 nitrogen and oxygen atoms in total. The Hall–Kier alpha value is -3.48. The van der Waals surface area contributed by atoms with Crippen molar-refractivity contribution in [3.63, 3.8) is 0 Å². The molecule has 0 spiro atoms. The molecule has 0 fully saturated rings. The van der Waals surface area contributed by atoms with Crippen LogP contribution in [0.5, 0.6) is 5.75 Å². The number of unbranched alkanes of at least 4 members (excludes halogenated alkanes) is 2. The van der Waals surface area contributed by atoms with Crippen LogP contribution in [0.1, 0.15) is 64.4 Å². The van der Waals surface area contributed by atoms with Crippen LogP contribution in [0.25, 0.3) is 0 Å². The molecular weight excluding hydrogens is 420 g/mol. The van der Waals surface area contributed by atoms with Gasteiger partial charge < -0.3 is 9.47 Å². The summed E-state index contributed by atoms with van der Waals surface area (Å²) >= 11 is 0. The lowest BCUT2D eigenvalue weighted by atomic mass is 9.79.